The number of aromatic nitrogens is 2. The summed E-state index contributed by atoms with van der Waals surface area (Å²) in [5.41, 5.74) is 6.29. The van der Waals surface area contributed by atoms with Crippen LogP contribution in [0.3, 0.4) is 0 Å². The van der Waals surface area contributed by atoms with Crippen LogP contribution in [0, 0.1) is 0 Å². The first kappa shape index (κ1) is 6.36. The van der Waals surface area contributed by atoms with Crippen molar-refractivity contribution in [3.63, 3.8) is 0 Å². The lowest BCUT2D eigenvalue weighted by Crippen LogP contribution is -1.82. The highest BCUT2D eigenvalue weighted by molar-refractivity contribution is 7.14. The summed E-state index contributed by atoms with van der Waals surface area (Å²) in [6.07, 6.45) is 1.36. The third-order valence-corrected chi connectivity index (χ3v) is 2.17. The van der Waals surface area contributed by atoms with E-state index in [2.05, 4.69) is 10.1 Å². The van der Waals surface area contributed by atoms with Crippen molar-refractivity contribution < 1.29 is 4.52 Å². The highest BCUT2D eigenvalue weighted by Crippen LogP contribution is 2.28. The number of thiophene rings is 1. The first-order valence-electron chi connectivity index (χ1n) is 2.98. The van der Waals surface area contributed by atoms with Crippen LogP contribution in [-0.4, -0.2) is 10.1 Å². The molecule has 0 saturated carbocycles. The van der Waals surface area contributed by atoms with Crippen molar-refractivity contribution in [2.24, 2.45) is 0 Å². The Bertz CT molecular complexity index is 340. The topological polar surface area (TPSA) is 64.9 Å². The predicted octanol–water partition coefficient (Wildman–Crippen LogP) is 1.38. The second-order valence-corrected chi connectivity index (χ2v) is 2.87. The second-order valence-electron chi connectivity index (χ2n) is 1.95. The Hall–Kier alpha value is -1.36. The van der Waals surface area contributed by atoms with E-state index in [1.807, 2.05) is 11.4 Å². The van der Waals surface area contributed by atoms with E-state index in [1.165, 1.54) is 17.7 Å². The molecule has 0 amide bonds. The first-order valence-corrected chi connectivity index (χ1v) is 3.86. The summed E-state index contributed by atoms with van der Waals surface area (Å²) in [4.78, 5) is 4.71. The molecule has 0 radical (unpaired) electrons. The maximum Gasteiger partial charge on any atom is 0.269 e. The summed E-state index contributed by atoms with van der Waals surface area (Å²) in [5, 5.41) is 5.37. The molecule has 2 aromatic heterocycles. The highest BCUT2D eigenvalue weighted by Gasteiger charge is 2.08. The van der Waals surface area contributed by atoms with Gasteiger partial charge >= 0.3 is 0 Å². The van der Waals surface area contributed by atoms with Crippen LogP contribution < -0.4 is 5.73 Å². The van der Waals surface area contributed by atoms with Crippen molar-refractivity contribution in [3.05, 3.63) is 17.8 Å². The number of nitrogen functional groups attached to an aromatic ring is 1. The van der Waals surface area contributed by atoms with Gasteiger partial charge in [0.25, 0.3) is 5.89 Å². The summed E-state index contributed by atoms with van der Waals surface area (Å²) in [6, 6.07) is 1.81. The molecule has 11 heavy (non-hydrogen) atoms. The Morgan fingerprint density at radius 3 is 3.00 bits per heavy atom. The molecule has 0 fully saturated rings. The van der Waals surface area contributed by atoms with Crippen LogP contribution in [0.1, 0.15) is 0 Å². The largest absolute Gasteiger partial charge is 0.397 e. The van der Waals surface area contributed by atoms with E-state index in [0.717, 1.165) is 4.88 Å². The van der Waals surface area contributed by atoms with E-state index in [1.54, 1.807) is 0 Å². The van der Waals surface area contributed by atoms with Crippen molar-refractivity contribution >= 4 is 17.0 Å². The fraction of sp³-hybridized carbons (Fsp3) is 0. The van der Waals surface area contributed by atoms with Gasteiger partial charge in [0, 0.05) is 0 Å². The minimum absolute atomic E-state index is 0.484. The lowest BCUT2D eigenvalue weighted by molar-refractivity contribution is 0.431. The van der Waals surface area contributed by atoms with Crippen molar-refractivity contribution in [1.82, 2.24) is 10.1 Å². The standard InChI is InChI=1S/C6H5N3OS/c7-4-1-2-11-5(4)6-8-3-9-10-6/h1-3H,7H2. The summed E-state index contributed by atoms with van der Waals surface area (Å²) in [6.45, 7) is 0. The fourth-order valence-corrected chi connectivity index (χ4v) is 1.51. The molecule has 0 bridgehead atoms. The van der Waals surface area contributed by atoms with E-state index in [9.17, 15) is 0 Å². The predicted molar refractivity (Wildman–Crippen MR) is 42.0 cm³/mol. The molecular weight excluding hydrogens is 162 g/mol. The van der Waals surface area contributed by atoms with Crippen LogP contribution >= 0.6 is 11.3 Å². The third kappa shape index (κ3) is 0.988. The van der Waals surface area contributed by atoms with Gasteiger partial charge in [-0.3, -0.25) is 0 Å². The maximum absolute atomic E-state index is 5.61. The average Bonchev–Trinajstić information content (AvgIpc) is 2.55. The normalized spacial score (nSPS) is 10.2. The van der Waals surface area contributed by atoms with E-state index < -0.39 is 0 Å². The van der Waals surface area contributed by atoms with Gasteiger partial charge in [0.15, 0.2) is 6.33 Å². The monoisotopic (exact) mass is 167 g/mol. The molecule has 2 aromatic rings. The van der Waals surface area contributed by atoms with E-state index in [-0.39, 0.29) is 0 Å². The number of hydrogen-bond donors (Lipinski definition) is 1. The van der Waals surface area contributed by atoms with Crippen molar-refractivity contribution in [2.45, 2.75) is 0 Å². The zero-order chi connectivity index (χ0) is 7.68. The van der Waals surface area contributed by atoms with Crippen LogP contribution in [-0.2, 0) is 0 Å². The Kier molecular flexibility index (Phi) is 1.36. The molecule has 4 nitrogen and oxygen atoms in total. The quantitative estimate of drug-likeness (QED) is 0.696. The molecule has 0 atom stereocenters. The van der Waals surface area contributed by atoms with Gasteiger partial charge in [0.1, 0.15) is 4.88 Å². The Morgan fingerprint density at radius 2 is 2.45 bits per heavy atom. The van der Waals surface area contributed by atoms with Crippen LogP contribution in [0.25, 0.3) is 10.8 Å². The number of nitrogens with two attached hydrogens (primary N) is 1. The van der Waals surface area contributed by atoms with Gasteiger partial charge in [0.05, 0.1) is 5.69 Å². The molecule has 0 unspecified atom stereocenters. The number of hydrogen-bond acceptors (Lipinski definition) is 5. The van der Waals surface area contributed by atoms with Gasteiger partial charge in [-0.25, -0.2) is 0 Å². The Morgan fingerprint density at radius 1 is 1.55 bits per heavy atom. The summed E-state index contributed by atoms with van der Waals surface area (Å²) < 4.78 is 4.83. The summed E-state index contributed by atoms with van der Waals surface area (Å²) in [7, 11) is 0. The van der Waals surface area contributed by atoms with E-state index in [4.69, 9.17) is 10.3 Å². The van der Waals surface area contributed by atoms with E-state index in [0.29, 0.717) is 11.6 Å². The minimum Gasteiger partial charge on any atom is -0.397 e. The highest BCUT2D eigenvalue weighted by atomic mass is 32.1. The zero-order valence-corrected chi connectivity index (χ0v) is 6.34. The minimum atomic E-state index is 0.484. The van der Waals surface area contributed by atoms with Gasteiger partial charge in [-0.2, -0.15) is 4.98 Å². The Labute approximate surface area is 66.7 Å². The molecule has 2 N–H and O–H groups in total. The smallest absolute Gasteiger partial charge is 0.269 e. The lowest BCUT2D eigenvalue weighted by atomic mass is 10.4. The molecule has 0 saturated heterocycles. The Balaban J connectivity index is 2.53. The average molecular weight is 167 g/mol. The van der Waals surface area contributed by atoms with Gasteiger partial charge in [-0.05, 0) is 11.4 Å². The van der Waals surface area contributed by atoms with Gasteiger partial charge in [-0.15, -0.1) is 11.3 Å². The van der Waals surface area contributed by atoms with Crippen molar-refractivity contribution in [3.8, 4) is 10.8 Å². The molecule has 0 aromatic carbocycles. The first-order chi connectivity index (χ1) is 5.38. The van der Waals surface area contributed by atoms with Gasteiger partial charge in [-0.1, -0.05) is 5.16 Å². The van der Waals surface area contributed by atoms with Gasteiger partial charge < -0.3 is 10.3 Å². The van der Waals surface area contributed by atoms with Crippen LogP contribution in [0.4, 0.5) is 5.69 Å². The molecule has 0 aliphatic heterocycles. The van der Waals surface area contributed by atoms with Crippen molar-refractivity contribution in [2.75, 3.05) is 5.73 Å². The summed E-state index contributed by atoms with van der Waals surface area (Å²) in [5.74, 6) is 0.484. The molecule has 5 heteroatoms. The van der Waals surface area contributed by atoms with Gasteiger partial charge in [0.2, 0.25) is 0 Å². The SMILES string of the molecule is Nc1ccsc1-c1ncno1. The molecule has 2 rings (SSSR count). The number of nitrogens with zero attached hydrogens (tertiary/aromatic N) is 2. The molecule has 56 valence electrons. The van der Waals surface area contributed by atoms with Crippen LogP contribution in [0.15, 0.2) is 22.3 Å². The second kappa shape index (κ2) is 2.35. The lowest BCUT2D eigenvalue weighted by Gasteiger charge is -1.87. The van der Waals surface area contributed by atoms with Crippen molar-refractivity contribution in [1.29, 1.82) is 0 Å². The van der Waals surface area contributed by atoms with Crippen LogP contribution in [0.2, 0.25) is 0 Å². The maximum atomic E-state index is 5.61. The van der Waals surface area contributed by atoms with E-state index >= 15 is 0 Å². The summed E-state index contributed by atoms with van der Waals surface area (Å²) >= 11 is 1.49. The molecule has 0 aliphatic carbocycles. The molecule has 0 aliphatic rings. The van der Waals surface area contributed by atoms with Crippen LogP contribution in [0.5, 0.6) is 0 Å². The molecule has 0 spiro atoms. The fourth-order valence-electron chi connectivity index (χ4n) is 0.766. The number of rotatable bonds is 1. The molecule has 2 heterocycles. The molecular formula is C6H5N3OS. The zero-order valence-electron chi connectivity index (χ0n) is 5.52. The number of anilines is 1. The third-order valence-electron chi connectivity index (χ3n) is 1.25.